The van der Waals surface area contributed by atoms with Crippen LogP contribution < -0.4 is 0 Å². The second-order valence-corrected chi connectivity index (χ2v) is 6.75. The quantitative estimate of drug-likeness (QED) is 0.824. The molecule has 5 heteroatoms. The van der Waals surface area contributed by atoms with Crippen LogP contribution in [0.2, 0.25) is 5.02 Å². The Morgan fingerprint density at radius 1 is 1.04 bits per heavy atom. The van der Waals surface area contributed by atoms with Crippen molar-refractivity contribution in [2.75, 3.05) is 6.54 Å². The van der Waals surface area contributed by atoms with Gasteiger partial charge in [-0.3, -0.25) is 4.84 Å². The predicted molar refractivity (Wildman–Crippen MR) is 92.4 cm³/mol. The summed E-state index contributed by atoms with van der Waals surface area (Å²) in [6.45, 7) is 1.14. The van der Waals surface area contributed by atoms with E-state index in [4.69, 9.17) is 16.4 Å². The molecule has 24 heavy (non-hydrogen) atoms. The molecule has 2 aliphatic heterocycles. The molecule has 0 radical (unpaired) electrons. The molecule has 2 fully saturated rings. The van der Waals surface area contributed by atoms with Crippen LogP contribution in [-0.2, 0) is 11.4 Å². The van der Waals surface area contributed by atoms with Crippen molar-refractivity contribution < 1.29 is 9.63 Å². The SMILES string of the molecule is O=C1N2C[C@@H](CC[C@H]2c2ccc(Cl)cc2)N1OCc1ccccc1. The number of hydrogen-bond donors (Lipinski definition) is 0. The molecule has 2 heterocycles. The van der Waals surface area contributed by atoms with Gasteiger partial charge in [-0.2, -0.15) is 5.06 Å². The van der Waals surface area contributed by atoms with Crippen molar-refractivity contribution in [1.82, 2.24) is 9.96 Å². The highest BCUT2D eigenvalue weighted by atomic mass is 35.5. The molecule has 2 bridgehead atoms. The van der Waals surface area contributed by atoms with E-state index in [2.05, 4.69) is 0 Å². The lowest BCUT2D eigenvalue weighted by atomic mass is 9.95. The molecule has 0 unspecified atom stereocenters. The zero-order chi connectivity index (χ0) is 16.5. The van der Waals surface area contributed by atoms with Crippen molar-refractivity contribution in [2.45, 2.75) is 31.5 Å². The second-order valence-electron chi connectivity index (χ2n) is 6.32. The molecule has 2 aromatic rings. The Morgan fingerprint density at radius 3 is 2.54 bits per heavy atom. The Morgan fingerprint density at radius 2 is 1.79 bits per heavy atom. The first-order chi connectivity index (χ1) is 11.7. The summed E-state index contributed by atoms with van der Waals surface area (Å²) in [4.78, 5) is 20.5. The number of benzene rings is 2. The molecule has 0 aromatic heterocycles. The van der Waals surface area contributed by atoms with Crippen molar-refractivity contribution in [3.63, 3.8) is 0 Å². The molecule has 2 saturated heterocycles. The maximum absolute atomic E-state index is 12.8. The van der Waals surface area contributed by atoms with Gasteiger partial charge in [0.05, 0.1) is 12.1 Å². The van der Waals surface area contributed by atoms with Gasteiger partial charge in [0.15, 0.2) is 0 Å². The number of nitrogens with zero attached hydrogens (tertiary/aromatic N) is 2. The minimum atomic E-state index is -0.0339. The van der Waals surface area contributed by atoms with Gasteiger partial charge in [0.2, 0.25) is 0 Å². The highest BCUT2D eigenvalue weighted by Gasteiger charge is 2.45. The van der Waals surface area contributed by atoms with Crippen LogP contribution in [0.4, 0.5) is 4.79 Å². The molecule has 2 amide bonds. The lowest BCUT2D eigenvalue weighted by Gasteiger charge is -2.30. The van der Waals surface area contributed by atoms with Crippen molar-refractivity contribution in [2.24, 2.45) is 0 Å². The third-order valence-corrected chi connectivity index (χ3v) is 5.04. The largest absolute Gasteiger partial charge is 0.344 e. The summed E-state index contributed by atoms with van der Waals surface area (Å²) in [6.07, 6.45) is 1.90. The Labute approximate surface area is 146 Å². The Kier molecular flexibility index (Phi) is 4.17. The van der Waals surface area contributed by atoms with E-state index in [1.807, 2.05) is 59.5 Å². The Balaban J connectivity index is 1.47. The zero-order valence-corrected chi connectivity index (χ0v) is 14.0. The fourth-order valence-corrected chi connectivity index (χ4v) is 3.67. The molecule has 4 rings (SSSR count). The molecule has 2 aromatic carbocycles. The number of carbonyl (C=O) groups excluding carboxylic acids is 1. The molecule has 124 valence electrons. The van der Waals surface area contributed by atoms with E-state index in [-0.39, 0.29) is 18.1 Å². The summed E-state index contributed by atoms with van der Waals surface area (Å²) in [5.41, 5.74) is 2.20. The van der Waals surface area contributed by atoms with E-state index in [0.29, 0.717) is 11.6 Å². The van der Waals surface area contributed by atoms with Gasteiger partial charge in [-0.1, -0.05) is 54.1 Å². The monoisotopic (exact) mass is 342 g/mol. The van der Waals surface area contributed by atoms with Gasteiger partial charge < -0.3 is 4.90 Å². The fraction of sp³-hybridized carbons (Fsp3) is 0.316. The van der Waals surface area contributed by atoms with Crippen LogP contribution in [0, 0.1) is 0 Å². The van der Waals surface area contributed by atoms with Gasteiger partial charge in [-0.15, -0.1) is 0 Å². The number of urea groups is 1. The van der Waals surface area contributed by atoms with Crippen molar-refractivity contribution >= 4 is 17.6 Å². The summed E-state index contributed by atoms with van der Waals surface area (Å²) < 4.78 is 0. The average Bonchev–Trinajstić information content (AvgIpc) is 2.86. The first-order valence-electron chi connectivity index (χ1n) is 8.24. The average molecular weight is 343 g/mol. The Bertz CT molecular complexity index is 720. The number of hydrogen-bond acceptors (Lipinski definition) is 2. The number of rotatable bonds is 4. The van der Waals surface area contributed by atoms with Crippen LogP contribution >= 0.6 is 11.6 Å². The summed E-state index contributed by atoms with van der Waals surface area (Å²) in [7, 11) is 0. The molecule has 4 nitrogen and oxygen atoms in total. The maximum Gasteiger partial charge on any atom is 0.344 e. The minimum absolute atomic E-state index is 0.0339. The lowest BCUT2D eigenvalue weighted by Crippen LogP contribution is -2.33. The number of fused-ring (bicyclic) bond motifs is 2. The first-order valence-corrected chi connectivity index (χ1v) is 8.62. The zero-order valence-electron chi connectivity index (χ0n) is 13.3. The van der Waals surface area contributed by atoms with E-state index in [0.717, 1.165) is 30.5 Å². The van der Waals surface area contributed by atoms with E-state index in [1.165, 1.54) is 0 Å². The summed E-state index contributed by atoms with van der Waals surface area (Å²) in [5, 5.41) is 2.29. The minimum Gasteiger partial charge on any atom is -0.314 e. The molecule has 2 aliphatic rings. The Hall–Kier alpha value is -2.04. The van der Waals surface area contributed by atoms with Gasteiger partial charge in [0.1, 0.15) is 6.61 Å². The fourth-order valence-electron chi connectivity index (χ4n) is 3.55. The third kappa shape index (κ3) is 2.87. The molecule has 2 atom stereocenters. The molecule has 0 saturated carbocycles. The van der Waals surface area contributed by atoms with Crippen LogP contribution in [0.1, 0.15) is 30.0 Å². The number of hydroxylamine groups is 2. The molecule has 0 spiro atoms. The lowest BCUT2D eigenvalue weighted by molar-refractivity contribution is -0.140. The van der Waals surface area contributed by atoms with Crippen LogP contribution in [0.3, 0.4) is 0 Å². The van der Waals surface area contributed by atoms with E-state index in [1.54, 1.807) is 5.06 Å². The summed E-state index contributed by atoms with van der Waals surface area (Å²) in [6, 6.07) is 17.9. The van der Waals surface area contributed by atoms with Crippen molar-refractivity contribution in [1.29, 1.82) is 0 Å². The molecular weight excluding hydrogens is 324 g/mol. The highest BCUT2D eigenvalue weighted by Crippen LogP contribution is 2.38. The molecular formula is C19H19ClN2O2. The van der Waals surface area contributed by atoms with E-state index < -0.39 is 0 Å². The maximum atomic E-state index is 12.8. The standard InChI is InChI=1S/C19H19ClN2O2/c20-16-8-6-15(7-9-16)18-11-10-17-12-21(18)19(23)22(17)24-13-14-4-2-1-3-5-14/h1-9,17-18H,10-13H2/t17-,18+/m1/s1. The highest BCUT2D eigenvalue weighted by molar-refractivity contribution is 6.30. The van der Waals surface area contributed by atoms with Crippen molar-refractivity contribution in [3.8, 4) is 0 Å². The van der Waals surface area contributed by atoms with Crippen LogP contribution in [-0.4, -0.2) is 28.6 Å². The second kappa shape index (κ2) is 6.46. The number of carbonyl (C=O) groups is 1. The molecule has 0 N–H and O–H groups in total. The van der Waals surface area contributed by atoms with Gasteiger partial charge in [0, 0.05) is 11.6 Å². The smallest absolute Gasteiger partial charge is 0.314 e. The normalized spacial score (nSPS) is 23.0. The summed E-state index contributed by atoms with van der Waals surface area (Å²) in [5.74, 6) is 0. The van der Waals surface area contributed by atoms with Crippen LogP contribution in [0.25, 0.3) is 0 Å². The van der Waals surface area contributed by atoms with Gasteiger partial charge in [0.25, 0.3) is 0 Å². The number of amides is 2. The predicted octanol–water partition coefficient (Wildman–Crippen LogP) is 4.41. The topological polar surface area (TPSA) is 32.8 Å². The van der Waals surface area contributed by atoms with E-state index in [9.17, 15) is 4.79 Å². The van der Waals surface area contributed by atoms with Gasteiger partial charge in [-0.25, -0.2) is 4.79 Å². The van der Waals surface area contributed by atoms with Crippen LogP contribution in [0.5, 0.6) is 0 Å². The number of halogens is 1. The van der Waals surface area contributed by atoms with E-state index >= 15 is 0 Å². The van der Waals surface area contributed by atoms with Crippen molar-refractivity contribution in [3.05, 3.63) is 70.7 Å². The van der Waals surface area contributed by atoms with Gasteiger partial charge >= 0.3 is 6.03 Å². The third-order valence-electron chi connectivity index (χ3n) is 4.79. The first kappa shape index (κ1) is 15.5. The molecule has 0 aliphatic carbocycles. The van der Waals surface area contributed by atoms with Gasteiger partial charge in [-0.05, 0) is 36.1 Å². The summed E-state index contributed by atoms with van der Waals surface area (Å²) >= 11 is 5.97. The van der Waals surface area contributed by atoms with Crippen LogP contribution in [0.15, 0.2) is 54.6 Å². The number of piperidine rings is 1.